The normalized spacial score (nSPS) is 10.2. The Morgan fingerprint density at radius 2 is 2.13 bits per heavy atom. The summed E-state index contributed by atoms with van der Waals surface area (Å²) in [7, 11) is 0. The van der Waals surface area contributed by atoms with Gasteiger partial charge in [0.1, 0.15) is 6.10 Å². The van der Waals surface area contributed by atoms with Crippen LogP contribution in [0.25, 0.3) is 0 Å². The molecule has 0 aliphatic carbocycles. The van der Waals surface area contributed by atoms with E-state index in [4.69, 9.17) is 23.1 Å². The van der Waals surface area contributed by atoms with E-state index in [2.05, 4.69) is 29.6 Å². The van der Waals surface area contributed by atoms with E-state index in [1.165, 1.54) is 11.3 Å². The summed E-state index contributed by atoms with van der Waals surface area (Å²) in [6.45, 7) is 0. The number of aliphatic hydroxyl groups is 1. The Bertz CT molecular complexity index is 487. The van der Waals surface area contributed by atoms with Crippen molar-refractivity contribution < 1.29 is 5.11 Å². The molecule has 1 rings (SSSR count). The maximum atomic E-state index is 9.00. The number of rotatable bonds is 1. The lowest BCUT2D eigenvalue weighted by molar-refractivity contribution is 0.256. The molecule has 0 radical (unpaired) electrons. The van der Waals surface area contributed by atoms with Crippen LogP contribution in [0.15, 0.2) is 12.1 Å². The minimum absolute atomic E-state index is 0.0922. The lowest BCUT2D eigenvalue weighted by atomic mass is 10.4. The standard InChI is InChI=1S/C12H7ClOS/c1-2-11-7-8-12(15-11)6-4-3-5-10(14)9-13/h1,7-8,10,14H,9H2/t10-/m0/s1. The topological polar surface area (TPSA) is 20.2 Å². The van der Waals surface area contributed by atoms with Crippen molar-refractivity contribution in [2.45, 2.75) is 6.10 Å². The molecule has 1 aromatic rings. The second kappa shape index (κ2) is 6.18. The van der Waals surface area contributed by atoms with Crippen LogP contribution in [0, 0.1) is 36.0 Å². The molecular formula is C12H7ClOS. The number of alkyl halides is 1. The average Bonchev–Trinajstić information content (AvgIpc) is 2.72. The van der Waals surface area contributed by atoms with Crippen molar-refractivity contribution in [3.8, 4) is 36.0 Å². The van der Waals surface area contributed by atoms with E-state index in [0.29, 0.717) is 0 Å². The van der Waals surface area contributed by atoms with Gasteiger partial charge in [0.05, 0.1) is 15.6 Å². The maximum Gasteiger partial charge on any atom is 0.129 e. The van der Waals surface area contributed by atoms with Gasteiger partial charge in [-0.15, -0.1) is 29.4 Å². The fraction of sp³-hybridized carbons (Fsp3) is 0.167. The Morgan fingerprint density at radius 3 is 2.73 bits per heavy atom. The minimum Gasteiger partial charge on any atom is -0.379 e. The Kier molecular flexibility index (Phi) is 4.82. The van der Waals surface area contributed by atoms with Gasteiger partial charge >= 0.3 is 0 Å². The molecule has 3 heteroatoms. The van der Waals surface area contributed by atoms with Crippen molar-refractivity contribution in [2.24, 2.45) is 0 Å². The van der Waals surface area contributed by atoms with E-state index < -0.39 is 6.10 Å². The van der Waals surface area contributed by atoms with Gasteiger partial charge in [0.2, 0.25) is 0 Å². The minimum atomic E-state index is -0.814. The van der Waals surface area contributed by atoms with E-state index >= 15 is 0 Å². The third kappa shape index (κ3) is 4.11. The summed E-state index contributed by atoms with van der Waals surface area (Å²) < 4.78 is 0. The fourth-order valence-corrected chi connectivity index (χ4v) is 1.48. The van der Waals surface area contributed by atoms with Crippen LogP contribution in [-0.2, 0) is 0 Å². The highest BCUT2D eigenvalue weighted by Gasteiger charge is 1.93. The van der Waals surface area contributed by atoms with Crippen LogP contribution in [0.3, 0.4) is 0 Å². The van der Waals surface area contributed by atoms with Crippen molar-refractivity contribution in [3.05, 3.63) is 21.9 Å². The summed E-state index contributed by atoms with van der Waals surface area (Å²) >= 11 is 6.78. The molecule has 74 valence electrons. The summed E-state index contributed by atoms with van der Waals surface area (Å²) in [5, 5.41) is 9.00. The molecule has 0 amide bonds. The van der Waals surface area contributed by atoms with Crippen molar-refractivity contribution in [2.75, 3.05) is 5.88 Å². The fourth-order valence-electron chi connectivity index (χ4n) is 0.733. The molecule has 0 aliphatic rings. The molecule has 1 aromatic heterocycles. The van der Waals surface area contributed by atoms with E-state index in [1.54, 1.807) is 0 Å². The lowest BCUT2D eigenvalue weighted by Gasteiger charge is -1.89. The number of halogens is 1. The quantitative estimate of drug-likeness (QED) is 0.579. The molecule has 0 bridgehead atoms. The third-order valence-electron chi connectivity index (χ3n) is 1.38. The van der Waals surface area contributed by atoms with Gasteiger partial charge in [-0.25, -0.2) is 0 Å². The van der Waals surface area contributed by atoms with Crippen molar-refractivity contribution in [1.29, 1.82) is 0 Å². The van der Waals surface area contributed by atoms with Crippen LogP contribution in [-0.4, -0.2) is 17.1 Å². The molecular weight excluding hydrogens is 228 g/mol. The summed E-state index contributed by atoms with van der Waals surface area (Å²) in [6, 6.07) is 3.67. The predicted octanol–water partition coefficient (Wildman–Crippen LogP) is 1.68. The van der Waals surface area contributed by atoms with Gasteiger partial charge in [-0.1, -0.05) is 11.8 Å². The highest BCUT2D eigenvalue weighted by Crippen LogP contribution is 2.13. The first kappa shape index (κ1) is 11.7. The van der Waals surface area contributed by atoms with E-state index in [-0.39, 0.29) is 5.88 Å². The van der Waals surface area contributed by atoms with Crippen molar-refractivity contribution in [3.63, 3.8) is 0 Å². The van der Waals surface area contributed by atoms with E-state index in [1.807, 2.05) is 12.1 Å². The van der Waals surface area contributed by atoms with Gasteiger partial charge in [0.25, 0.3) is 0 Å². The van der Waals surface area contributed by atoms with Gasteiger partial charge in [-0.05, 0) is 29.9 Å². The van der Waals surface area contributed by atoms with Gasteiger partial charge in [0.15, 0.2) is 0 Å². The van der Waals surface area contributed by atoms with Crippen LogP contribution in [0.1, 0.15) is 9.75 Å². The Hall–Kier alpha value is -1.37. The average molecular weight is 235 g/mol. The Morgan fingerprint density at radius 1 is 1.40 bits per heavy atom. The van der Waals surface area contributed by atoms with Crippen molar-refractivity contribution >= 4 is 22.9 Å². The van der Waals surface area contributed by atoms with Gasteiger partial charge < -0.3 is 5.11 Å². The van der Waals surface area contributed by atoms with Crippen LogP contribution in [0.4, 0.5) is 0 Å². The predicted molar refractivity (Wildman–Crippen MR) is 63.6 cm³/mol. The summed E-state index contributed by atoms with van der Waals surface area (Å²) in [6.07, 6.45) is 4.40. The number of hydrogen-bond acceptors (Lipinski definition) is 2. The Labute approximate surface area is 98.1 Å². The zero-order valence-corrected chi connectivity index (χ0v) is 9.32. The monoisotopic (exact) mass is 234 g/mol. The van der Waals surface area contributed by atoms with E-state index in [9.17, 15) is 0 Å². The highest BCUT2D eigenvalue weighted by atomic mass is 35.5. The number of thiophene rings is 1. The first-order chi connectivity index (χ1) is 7.26. The van der Waals surface area contributed by atoms with Gasteiger partial charge in [0, 0.05) is 0 Å². The SMILES string of the molecule is C#Cc1ccc(C#CC#C[C@H](O)CCl)s1. The molecule has 0 aromatic carbocycles. The van der Waals surface area contributed by atoms with Crippen LogP contribution < -0.4 is 0 Å². The second-order valence-corrected chi connectivity index (χ2v) is 3.89. The number of aliphatic hydroxyl groups excluding tert-OH is 1. The zero-order chi connectivity index (χ0) is 11.1. The molecule has 1 N–H and O–H groups in total. The largest absolute Gasteiger partial charge is 0.379 e. The molecule has 0 unspecified atom stereocenters. The molecule has 0 spiro atoms. The van der Waals surface area contributed by atoms with Gasteiger partial charge in [-0.3, -0.25) is 0 Å². The lowest BCUT2D eigenvalue weighted by Crippen LogP contribution is -2.02. The highest BCUT2D eigenvalue weighted by molar-refractivity contribution is 7.13. The molecule has 15 heavy (non-hydrogen) atoms. The van der Waals surface area contributed by atoms with Gasteiger partial charge in [-0.2, -0.15) is 0 Å². The first-order valence-corrected chi connectivity index (χ1v) is 5.43. The maximum absolute atomic E-state index is 9.00. The summed E-state index contributed by atoms with van der Waals surface area (Å²) in [5.41, 5.74) is 0. The number of hydrogen-bond donors (Lipinski definition) is 1. The summed E-state index contributed by atoms with van der Waals surface area (Å²) in [5.74, 6) is 13.1. The number of terminal acetylenes is 1. The van der Waals surface area contributed by atoms with Crippen LogP contribution in [0.2, 0.25) is 0 Å². The molecule has 1 nitrogen and oxygen atoms in total. The summed E-state index contributed by atoms with van der Waals surface area (Å²) in [4.78, 5) is 1.70. The molecule has 1 heterocycles. The second-order valence-electron chi connectivity index (χ2n) is 2.50. The molecule has 0 fully saturated rings. The first-order valence-electron chi connectivity index (χ1n) is 4.08. The van der Waals surface area contributed by atoms with E-state index in [0.717, 1.165) is 9.75 Å². The molecule has 0 saturated carbocycles. The van der Waals surface area contributed by atoms with Crippen molar-refractivity contribution in [1.82, 2.24) is 0 Å². The molecule has 0 aliphatic heterocycles. The zero-order valence-electron chi connectivity index (χ0n) is 7.75. The Balaban J connectivity index is 2.65. The van der Waals surface area contributed by atoms with Crippen LogP contribution >= 0.6 is 22.9 Å². The molecule has 1 atom stereocenters. The van der Waals surface area contributed by atoms with Crippen LogP contribution in [0.5, 0.6) is 0 Å². The molecule has 0 saturated heterocycles. The third-order valence-corrected chi connectivity index (χ3v) is 2.61. The smallest absolute Gasteiger partial charge is 0.129 e.